The predicted molar refractivity (Wildman–Crippen MR) is 127 cm³/mol. The Bertz CT molecular complexity index is 1080. The molecule has 1 fully saturated rings. The molecule has 0 aliphatic carbocycles. The van der Waals surface area contributed by atoms with Gasteiger partial charge in [-0.2, -0.15) is 11.8 Å². The van der Waals surface area contributed by atoms with Crippen LogP contribution in [0.25, 0.3) is 0 Å². The van der Waals surface area contributed by atoms with Crippen molar-refractivity contribution in [2.24, 2.45) is 0 Å². The third kappa shape index (κ3) is 4.73. The van der Waals surface area contributed by atoms with Crippen LogP contribution in [-0.2, 0) is 0 Å². The summed E-state index contributed by atoms with van der Waals surface area (Å²) in [6.07, 6.45) is 1.44. The molecule has 0 saturated carbocycles. The van der Waals surface area contributed by atoms with Crippen LogP contribution >= 0.6 is 23.4 Å². The molecule has 3 aromatic rings. The summed E-state index contributed by atoms with van der Waals surface area (Å²) in [6.45, 7) is 1.92. The van der Waals surface area contributed by atoms with E-state index in [9.17, 15) is 9.59 Å². The molecule has 0 radical (unpaired) electrons. The molecule has 2 aromatic carbocycles. The minimum absolute atomic E-state index is 0.205. The van der Waals surface area contributed by atoms with Gasteiger partial charge in [0.2, 0.25) is 0 Å². The Hall–Kier alpha value is -2.90. The van der Waals surface area contributed by atoms with E-state index in [0.717, 1.165) is 30.3 Å². The maximum absolute atomic E-state index is 13.0. The summed E-state index contributed by atoms with van der Waals surface area (Å²) in [5.41, 5.74) is 2.43. The highest BCUT2D eigenvalue weighted by atomic mass is 35.5. The first-order chi connectivity index (χ1) is 15.0. The molecular formula is C23H22ClN3O3S. The van der Waals surface area contributed by atoms with Gasteiger partial charge in [0.1, 0.15) is 0 Å². The average molecular weight is 456 g/mol. The van der Waals surface area contributed by atoms with E-state index in [2.05, 4.69) is 10.2 Å². The molecule has 1 aliphatic rings. The topological polar surface area (TPSA) is 65.8 Å². The molecule has 0 spiro atoms. The number of thioether (sulfide) groups is 1. The van der Waals surface area contributed by atoms with Gasteiger partial charge in [-0.3, -0.25) is 9.59 Å². The fourth-order valence-corrected chi connectivity index (χ4v) is 4.68. The highest BCUT2D eigenvalue weighted by Gasteiger charge is 2.22. The van der Waals surface area contributed by atoms with Crippen molar-refractivity contribution in [2.75, 3.05) is 46.8 Å². The fraction of sp³-hybridized carbons (Fsp3) is 0.217. The quantitative estimate of drug-likeness (QED) is 0.585. The molecule has 8 heteroatoms. The van der Waals surface area contributed by atoms with Gasteiger partial charge in [-0.05, 0) is 42.5 Å². The van der Waals surface area contributed by atoms with Crippen molar-refractivity contribution in [3.8, 4) is 0 Å². The van der Waals surface area contributed by atoms with Crippen molar-refractivity contribution >= 4 is 52.2 Å². The first kappa shape index (κ1) is 21.3. The Kier molecular flexibility index (Phi) is 6.53. The molecule has 0 unspecified atom stereocenters. The molecule has 160 valence electrons. The first-order valence-corrected chi connectivity index (χ1v) is 11.4. The summed E-state index contributed by atoms with van der Waals surface area (Å²) in [5, 5.41) is 3.49. The van der Waals surface area contributed by atoms with Gasteiger partial charge in [-0.15, -0.1) is 0 Å². The number of hydrogen-bond donors (Lipinski definition) is 1. The molecule has 2 heterocycles. The molecule has 1 aromatic heterocycles. The summed E-state index contributed by atoms with van der Waals surface area (Å²) in [5.74, 6) is 1.70. The molecule has 6 nitrogen and oxygen atoms in total. The minimum atomic E-state index is -0.336. The zero-order chi connectivity index (χ0) is 21.8. The van der Waals surface area contributed by atoms with E-state index in [1.54, 1.807) is 49.5 Å². The van der Waals surface area contributed by atoms with E-state index >= 15 is 0 Å². The number of hydrogen-bond acceptors (Lipinski definition) is 5. The lowest BCUT2D eigenvalue weighted by atomic mass is 10.1. The average Bonchev–Trinajstić information content (AvgIpc) is 3.34. The zero-order valence-electron chi connectivity index (χ0n) is 17.0. The fourth-order valence-electron chi connectivity index (χ4n) is 3.48. The molecule has 0 bridgehead atoms. The van der Waals surface area contributed by atoms with Crippen molar-refractivity contribution in [2.45, 2.75) is 0 Å². The Morgan fingerprint density at radius 1 is 1.10 bits per heavy atom. The highest BCUT2D eigenvalue weighted by molar-refractivity contribution is 7.99. The van der Waals surface area contributed by atoms with Crippen molar-refractivity contribution < 1.29 is 14.0 Å². The van der Waals surface area contributed by atoms with Crippen LogP contribution in [0, 0.1) is 0 Å². The van der Waals surface area contributed by atoms with Gasteiger partial charge in [-0.25, -0.2) is 0 Å². The first-order valence-electron chi connectivity index (χ1n) is 9.89. The number of carbonyl (C=O) groups excluding carboxylic acids is 2. The minimum Gasteiger partial charge on any atom is -0.459 e. The predicted octanol–water partition coefficient (Wildman–Crippen LogP) is 5.02. The molecule has 1 N–H and O–H groups in total. The standard InChI is InChI=1S/C23H22ClN3O3S/c1-26(23(29)21-7-4-12-30-21)19-6-3-2-5-17(19)22(28)25-16-8-9-20(18(24)15-16)27-10-13-31-14-11-27/h2-9,12,15H,10-11,13-14H2,1H3,(H,25,28). The summed E-state index contributed by atoms with van der Waals surface area (Å²) in [6, 6.07) is 15.7. The zero-order valence-corrected chi connectivity index (χ0v) is 18.6. The second-order valence-corrected chi connectivity index (χ2v) is 8.71. The van der Waals surface area contributed by atoms with Gasteiger partial charge < -0.3 is 19.5 Å². The maximum atomic E-state index is 13.0. The third-order valence-electron chi connectivity index (χ3n) is 5.10. The SMILES string of the molecule is CN(C(=O)c1ccco1)c1ccccc1C(=O)Nc1ccc(N2CCSCC2)c(Cl)c1. The van der Waals surface area contributed by atoms with Crippen LogP contribution in [0.4, 0.5) is 17.1 Å². The van der Waals surface area contributed by atoms with Crippen LogP contribution in [0.15, 0.2) is 65.3 Å². The lowest BCUT2D eigenvalue weighted by molar-refractivity contribution is 0.0966. The van der Waals surface area contributed by atoms with Crippen LogP contribution in [0.1, 0.15) is 20.9 Å². The number of amides is 2. The smallest absolute Gasteiger partial charge is 0.293 e. The van der Waals surface area contributed by atoms with Gasteiger partial charge in [-0.1, -0.05) is 23.7 Å². The van der Waals surface area contributed by atoms with E-state index in [0.29, 0.717) is 22.0 Å². The highest BCUT2D eigenvalue weighted by Crippen LogP contribution is 2.31. The van der Waals surface area contributed by atoms with Crippen molar-refractivity contribution in [3.63, 3.8) is 0 Å². The van der Waals surface area contributed by atoms with Gasteiger partial charge in [0, 0.05) is 37.3 Å². The van der Waals surface area contributed by atoms with Crippen LogP contribution in [0.2, 0.25) is 5.02 Å². The number of para-hydroxylation sites is 1. The van der Waals surface area contributed by atoms with Crippen molar-refractivity contribution in [3.05, 3.63) is 77.2 Å². The number of rotatable bonds is 5. The van der Waals surface area contributed by atoms with Crippen LogP contribution in [0.3, 0.4) is 0 Å². The second-order valence-electron chi connectivity index (χ2n) is 7.08. The molecule has 0 atom stereocenters. The van der Waals surface area contributed by atoms with E-state index in [-0.39, 0.29) is 17.6 Å². The summed E-state index contributed by atoms with van der Waals surface area (Å²) in [4.78, 5) is 29.3. The van der Waals surface area contributed by atoms with E-state index in [4.69, 9.17) is 16.0 Å². The molecule has 1 saturated heterocycles. The molecule has 31 heavy (non-hydrogen) atoms. The Morgan fingerprint density at radius 3 is 2.58 bits per heavy atom. The Morgan fingerprint density at radius 2 is 1.87 bits per heavy atom. The van der Waals surface area contributed by atoms with Gasteiger partial charge >= 0.3 is 0 Å². The summed E-state index contributed by atoms with van der Waals surface area (Å²) < 4.78 is 5.20. The molecule has 4 rings (SSSR count). The Labute approximate surface area is 190 Å². The number of carbonyl (C=O) groups is 2. The molecule has 1 aliphatic heterocycles. The van der Waals surface area contributed by atoms with E-state index < -0.39 is 0 Å². The third-order valence-corrected chi connectivity index (χ3v) is 6.35. The lowest BCUT2D eigenvalue weighted by Crippen LogP contribution is -2.32. The number of benzene rings is 2. The number of anilines is 3. The van der Waals surface area contributed by atoms with Crippen molar-refractivity contribution in [1.29, 1.82) is 0 Å². The Balaban J connectivity index is 1.53. The number of nitrogens with zero attached hydrogens (tertiary/aromatic N) is 2. The second kappa shape index (κ2) is 9.49. The largest absolute Gasteiger partial charge is 0.459 e. The lowest BCUT2D eigenvalue weighted by Gasteiger charge is -2.29. The van der Waals surface area contributed by atoms with E-state index in [1.807, 2.05) is 23.9 Å². The van der Waals surface area contributed by atoms with E-state index in [1.165, 1.54) is 11.2 Å². The van der Waals surface area contributed by atoms with Crippen molar-refractivity contribution in [1.82, 2.24) is 0 Å². The number of furan rings is 1. The monoisotopic (exact) mass is 455 g/mol. The van der Waals surface area contributed by atoms with Gasteiger partial charge in [0.25, 0.3) is 11.8 Å². The maximum Gasteiger partial charge on any atom is 0.293 e. The number of halogens is 1. The molecular weight excluding hydrogens is 434 g/mol. The van der Waals surface area contributed by atoms with Crippen LogP contribution in [-0.4, -0.2) is 43.5 Å². The molecule has 2 amide bonds. The van der Waals surface area contributed by atoms with Gasteiger partial charge in [0.05, 0.1) is 28.2 Å². The van der Waals surface area contributed by atoms with Gasteiger partial charge in [0.15, 0.2) is 5.76 Å². The normalized spacial score (nSPS) is 13.7. The summed E-state index contributed by atoms with van der Waals surface area (Å²) >= 11 is 8.45. The van der Waals surface area contributed by atoms with Crippen LogP contribution < -0.4 is 15.1 Å². The summed E-state index contributed by atoms with van der Waals surface area (Å²) in [7, 11) is 1.61. The van der Waals surface area contributed by atoms with Crippen LogP contribution in [0.5, 0.6) is 0 Å². The number of nitrogens with one attached hydrogen (secondary N) is 1.